The summed E-state index contributed by atoms with van der Waals surface area (Å²) >= 11 is 6.04. The molecule has 0 aliphatic carbocycles. The smallest absolute Gasteiger partial charge is 0.311 e. The van der Waals surface area contributed by atoms with Crippen molar-refractivity contribution in [1.29, 1.82) is 0 Å². The van der Waals surface area contributed by atoms with Crippen molar-refractivity contribution in [2.24, 2.45) is 0 Å². The summed E-state index contributed by atoms with van der Waals surface area (Å²) in [6, 6.07) is 11.1. The highest BCUT2D eigenvalue weighted by molar-refractivity contribution is 6.31. The largest absolute Gasteiger partial charge is 0.497 e. The van der Waals surface area contributed by atoms with Crippen molar-refractivity contribution < 1.29 is 19.0 Å². The van der Waals surface area contributed by atoms with Crippen molar-refractivity contribution in [1.82, 2.24) is 0 Å². The van der Waals surface area contributed by atoms with Gasteiger partial charge in [-0.15, -0.1) is 0 Å². The maximum Gasteiger partial charge on any atom is 0.311 e. The predicted octanol–water partition coefficient (Wildman–Crippen LogP) is 3.90. The van der Waals surface area contributed by atoms with Gasteiger partial charge in [-0.1, -0.05) is 35.9 Å². The highest BCUT2D eigenvalue weighted by atomic mass is 35.5. The molecule has 21 heavy (non-hydrogen) atoms. The van der Waals surface area contributed by atoms with Crippen LogP contribution >= 0.6 is 11.6 Å². The molecule has 110 valence electrons. The zero-order valence-corrected chi connectivity index (χ0v) is 12.1. The number of carboxylic acids is 1. The summed E-state index contributed by atoms with van der Waals surface area (Å²) < 4.78 is 18.9. The first-order valence-corrected chi connectivity index (χ1v) is 6.70. The quantitative estimate of drug-likeness (QED) is 0.911. The van der Waals surface area contributed by atoms with Gasteiger partial charge in [-0.3, -0.25) is 4.79 Å². The molecule has 0 aromatic heterocycles. The van der Waals surface area contributed by atoms with Crippen LogP contribution in [0.4, 0.5) is 4.39 Å². The van der Waals surface area contributed by atoms with Gasteiger partial charge in [0.1, 0.15) is 11.6 Å². The van der Waals surface area contributed by atoms with Crippen LogP contribution < -0.4 is 4.74 Å². The normalized spacial score (nSPS) is 12.0. The Balaban J connectivity index is 2.34. The number of carboxylic acid groups (broad SMARTS) is 1. The molecule has 0 aliphatic rings. The van der Waals surface area contributed by atoms with Gasteiger partial charge in [0.25, 0.3) is 0 Å². The first-order chi connectivity index (χ1) is 10.0. The minimum Gasteiger partial charge on any atom is -0.497 e. The SMILES string of the molecule is COc1ccc(CC(C(=O)O)c2ccccc2Cl)c(F)c1. The van der Waals surface area contributed by atoms with Gasteiger partial charge in [-0.25, -0.2) is 4.39 Å². The zero-order chi connectivity index (χ0) is 15.4. The molecule has 0 radical (unpaired) electrons. The summed E-state index contributed by atoms with van der Waals surface area (Å²) in [5, 5.41) is 9.76. The molecule has 2 aromatic rings. The number of aliphatic carboxylic acids is 1. The summed E-state index contributed by atoms with van der Waals surface area (Å²) in [6.45, 7) is 0. The maximum atomic E-state index is 14.0. The molecule has 1 N–H and O–H groups in total. The summed E-state index contributed by atoms with van der Waals surface area (Å²) in [6.07, 6.45) is 0.0227. The fraction of sp³-hybridized carbons (Fsp3) is 0.188. The van der Waals surface area contributed by atoms with E-state index in [0.29, 0.717) is 21.9 Å². The summed E-state index contributed by atoms with van der Waals surface area (Å²) in [4.78, 5) is 11.5. The van der Waals surface area contributed by atoms with Crippen LogP contribution in [0.1, 0.15) is 17.0 Å². The van der Waals surface area contributed by atoms with Crippen LogP contribution in [0.3, 0.4) is 0 Å². The van der Waals surface area contributed by atoms with Crippen molar-refractivity contribution in [3.8, 4) is 5.75 Å². The molecule has 0 heterocycles. The van der Waals surface area contributed by atoms with Gasteiger partial charge in [0.15, 0.2) is 0 Å². The molecule has 1 unspecified atom stereocenters. The Labute approximate surface area is 126 Å². The molecule has 0 spiro atoms. The number of ether oxygens (including phenoxy) is 1. The fourth-order valence-corrected chi connectivity index (χ4v) is 2.40. The topological polar surface area (TPSA) is 46.5 Å². The Morgan fingerprint density at radius 2 is 2.05 bits per heavy atom. The lowest BCUT2D eigenvalue weighted by Crippen LogP contribution is -2.15. The number of carbonyl (C=O) groups is 1. The second-order valence-electron chi connectivity index (χ2n) is 4.57. The predicted molar refractivity (Wildman–Crippen MR) is 78.5 cm³/mol. The van der Waals surface area contributed by atoms with E-state index < -0.39 is 17.7 Å². The van der Waals surface area contributed by atoms with E-state index in [0.717, 1.165) is 0 Å². The van der Waals surface area contributed by atoms with E-state index in [1.165, 1.54) is 19.2 Å². The van der Waals surface area contributed by atoms with Gasteiger partial charge in [-0.05, 0) is 29.7 Å². The Morgan fingerprint density at radius 3 is 2.62 bits per heavy atom. The highest BCUT2D eigenvalue weighted by Crippen LogP contribution is 2.29. The van der Waals surface area contributed by atoms with Gasteiger partial charge in [0, 0.05) is 11.1 Å². The average Bonchev–Trinajstić information content (AvgIpc) is 2.46. The van der Waals surface area contributed by atoms with Crippen molar-refractivity contribution in [3.63, 3.8) is 0 Å². The minimum absolute atomic E-state index is 0.0227. The Bertz CT molecular complexity index is 658. The maximum absolute atomic E-state index is 14.0. The molecule has 0 amide bonds. The average molecular weight is 309 g/mol. The first kappa shape index (κ1) is 15.3. The van der Waals surface area contributed by atoms with Gasteiger partial charge < -0.3 is 9.84 Å². The molecular weight excluding hydrogens is 295 g/mol. The molecule has 3 nitrogen and oxygen atoms in total. The van der Waals surface area contributed by atoms with E-state index in [2.05, 4.69) is 0 Å². The Morgan fingerprint density at radius 1 is 1.33 bits per heavy atom. The van der Waals surface area contributed by atoms with Gasteiger partial charge >= 0.3 is 5.97 Å². The lowest BCUT2D eigenvalue weighted by atomic mass is 9.91. The summed E-state index contributed by atoms with van der Waals surface area (Å²) in [5.74, 6) is -2.05. The van der Waals surface area contributed by atoms with E-state index in [4.69, 9.17) is 16.3 Å². The third-order valence-corrected chi connectivity index (χ3v) is 3.61. The van der Waals surface area contributed by atoms with E-state index in [9.17, 15) is 14.3 Å². The number of methoxy groups -OCH3 is 1. The number of rotatable bonds is 5. The molecule has 0 saturated carbocycles. The van der Waals surface area contributed by atoms with Crippen LogP contribution in [0.25, 0.3) is 0 Å². The molecule has 0 saturated heterocycles. The number of hydrogen-bond donors (Lipinski definition) is 1. The Kier molecular flexibility index (Phi) is 4.81. The van der Waals surface area contributed by atoms with Crippen LogP contribution in [0.2, 0.25) is 5.02 Å². The zero-order valence-electron chi connectivity index (χ0n) is 11.3. The highest BCUT2D eigenvalue weighted by Gasteiger charge is 2.24. The summed E-state index contributed by atoms with van der Waals surface area (Å²) in [7, 11) is 1.44. The lowest BCUT2D eigenvalue weighted by Gasteiger charge is -2.15. The molecule has 0 fully saturated rings. The molecule has 2 rings (SSSR count). The van der Waals surface area contributed by atoms with Crippen LogP contribution in [0.5, 0.6) is 5.75 Å². The molecule has 0 aliphatic heterocycles. The summed E-state index contributed by atoms with van der Waals surface area (Å²) in [5.41, 5.74) is 0.782. The third-order valence-electron chi connectivity index (χ3n) is 3.26. The second-order valence-corrected chi connectivity index (χ2v) is 4.98. The first-order valence-electron chi connectivity index (χ1n) is 6.32. The molecule has 0 bridgehead atoms. The number of hydrogen-bond acceptors (Lipinski definition) is 2. The van der Waals surface area contributed by atoms with Crippen molar-refractivity contribution in [2.45, 2.75) is 12.3 Å². The van der Waals surface area contributed by atoms with E-state index in [1.54, 1.807) is 30.3 Å². The minimum atomic E-state index is -1.04. The van der Waals surface area contributed by atoms with Crippen LogP contribution in [0, 0.1) is 5.82 Å². The third kappa shape index (κ3) is 3.52. The lowest BCUT2D eigenvalue weighted by molar-refractivity contribution is -0.138. The van der Waals surface area contributed by atoms with Crippen LogP contribution in [-0.4, -0.2) is 18.2 Å². The van der Waals surface area contributed by atoms with E-state index in [1.807, 2.05) is 0 Å². The van der Waals surface area contributed by atoms with Crippen LogP contribution in [-0.2, 0) is 11.2 Å². The molecule has 5 heteroatoms. The van der Waals surface area contributed by atoms with Crippen molar-refractivity contribution >= 4 is 17.6 Å². The number of halogens is 2. The van der Waals surface area contributed by atoms with E-state index >= 15 is 0 Å². The monoisotopic (exact) mass is 308 g/mol. The van der Waals surface area contributed by atoms with Gasteiger partial charge in [-0.2, -0.15) is 0 Å². The number of benzene rings is 2. The molecule has 2 aromatic carbocycles. The fourth-order valence-electron chi connectivity index (χ4n) is 2.13. The van der Waals surface area contributed by atoms with Gasteiger partial charge in [0.05, 0.1) is 13.0 Å². The van der Waals surface area contributed by atoms with Gasteiger partial charge in [0.2, 0.25) is 0 Å². The van der Waals surface area contributed by atoms with E-state index in [-0.39, 0.29) is 6.42 Å². The van der Waals surface area contributed by atoms with Crippen LogP contribution in [0.15, 0.2) is 42.5 Å². The standard InChI is InChI=1S/C16H14ClFO3/c1-21-11-7-6-10(15(18)9-11)8-13(16(19)20)12-4-2-3-5-14(12)17/h2-7,9,13H,8H2,1H3,(H,19,20). The second kappa shape index (κ2) is 6.59. The Hall–Kier alpha value is -2.07. The molecule has 1 atom stereocenters. The molecular formula is C16H14ClFO3. The van der Waals surface area contributed by atoms with Crippen molar-refractivity contribution in [3.05, 3.63) is 64.4 Å². The van der Waals surface area contributed by atoms with Crippen molar-refractivity contribution in [2.75, 3.05) is 7.11 Å².